The van der Waals surface area contributed by atoms with Gasteiger partial charge in [-0.05, 0) is 18.6 Å². The zero-order valence-electron chi connectivity index (χ0n) is 9.33. The summed E-state index contributed by atoms with van der Waals surface area (Å²) in [5.74, 6) is -1.33. The lowest BCUT2D eigenvalue weighted by Crippen LogP contribution is -3.12. The van der Waals surface area contributed by atoms with Gasteiger partial charge >= 0.3 is 0 Å². The predicted octanol–water partition coefficient (Wildman–Crippen LogP) is -0.629. The number of carboxylic acids is 1. The monoisotopic (exact) mass is 225 g/mol. The zero-order valence-corrected chi connectivity index (χ0v) is 9.33. The maximum Gasteiger partial charge on any atom is 0.123 e. The molecule has 1 atom stereocenters. The van der Waals surface area contributed by atoms with Crippen LogP contribution < -0.4 is 10.0 Å². The normalized spacial score (nSPS) is 12.4. The van der Waals surface area contributed by atoms with Crippen molar-refractivity contribution in [2.75, 3.05) is 13.1 Å². The average molecular weight is 225 g/mol. The first kappa shape index (κ1) is 12.6. The molecular formula is C12H16FNO2. The molecule has 0 fully saturated rings. The lowest BCUT2D eigenvalue weighted by atomic mass is 10.2. The van der Waals surface area contributed by atoms with Gasteiger partial charge in [-0.2, -0.15) is 0 Å². The minimum atomic E-state index is -1.05. The molecule has 0 heterocycles. The highest BCUT2D eigenvalue weighted by molar-refractivity contribution is 5.65. The highest BCUT2D eigenvalue weighted by atomic mass is 19.1. The first-order valence-electron chi connectivity index (χ1n) is 5.39. The fourth-order valence-electron chi connectivity index (χ4n) is 1.69. The van der Waals surface area contributed by atoms with Crippen LogP contribution in [0.4, 0.5) is 4.39 Å². The summed E-state index contributed by atoms with van der Waals surface area (Å²) in [6, 6.07) is 6.14. The Morgan fingerprint density at radius 2 is 2.00 bits per heavy atom. The van der Waals surface area contributed by atoms with Gasteiger partial charge in [0.25, 0.3) is 0 Å². The smallest absolute Gasteiger partial charge is 0.123 e. The third kappa shape index (κ3) is 4.40. The molecule has 0 saturated heterocycles. The number of nitrogens with one attached hydrogen (secondary N) is 1. The number of benzene rings is 1. The fraction of sp³-hybridized carbons (Fsp3) is 0.417. The van der Waals surface area contributed by atoms with E-state index in [2.05, 4.69) is 0 Å². The van der Waals surface area contributed by atoms with Crippen LogP contribution in [0.15, 0.2) is 24.3 Å². The van der Waals surface area contributed by atoms with Crippen LogP contribution in [0.2, 0.25) is 0 Å². The average Bonchev–Trinajstić information content (AvgIpc) is 2.21. The van der Waals surface area contributed by atoms with Crippen molar-refractivity contribution >= 4 is 5.97 Å². The molecule has 1 rings (SSSR count). The maximum absolute atomic E-state index is 12.7. The van der Waals surface area contributed by atoms with E-state index in [-0.39, 0.29) is 12.4 Å². The standard InChI is InChI=1S/C12H16FNO2/c1-2-7-14(9-12(15)16)8-10-3-5-11(13)6-4-10/h3-6H,2,7-9H2,1H3,(H,15,16). The van der Waals surface area contributed by atoms with Gasteiger partial charge in [-0.3, -0.25) is 0 Å². The van der Waals surface area contributed by atoms with E-state index < -0.39 is 5.97 Å². The molecule has 0 saturated carbocycles. The van der Waals surface area contributed by atoms with Crippen LogP contribution in [-0.2, 0) is 11.3 Å². The molecule has 1 N–H and O–H groups in total. The Morgan fingerprint density at radius 3 is 2.50 bits per heavy atom. The van der Waals surface area contributed by atoms with Gasteiger partial charge in [0.05, 0.1) is 12.5 Å². The number of carbonyl (C=O) groups is 1. The second-order valence-electron chi connectivity index (χ2n) is 3.85. The van der Waals surface area contributed by atoms with Gasteiger partial charge < -0.3 is 14.8 Å². The van der Waals surface area contributed by atoms with Crippen molar-refractivity contribution < 1.29 is 19.2 Å². The molecule has 0 radical (unpaired) electrons. The topological polar surface area (TPSA) is 44.6 Å². The van der Waals surface area contributed by atoms with Crippen molar-refractivity contribution in [2.45, 2.75) is 19.9 Å². The highest BCUT2D eigenvalue weighted by Crippen LogP contribution is 2.00. The van der Waals surface area contributed by atoms with E-state index in [1.807, 2.05) is 6.92 Å². The Hall–Kier alpha value is -1.42. The van der Waals surface area contributed by atoms with E-state index in [9.17, 15) is 14.3 Å². The molecule has 0 aromatic heterocycles. The summed E-state index contributed by atoms with van der Waals surface area (Å²) < 4.78 is 12.7. The molecule has 0 bridgehead atoms. The van der Waals surface area contributed by atoms with E-state index in [0.717, 1.165) is 23.4 Å². The van der Waals surface area contributed by atoms with Gasteiger partial charge in [-0.15, -0.1) is 0 Å². The number of aliphatic carboxylic acids is 1. The second-order valence-corrected chi connectivity index (χ2v) is 3.85. The summed E-state index contributed by atoms with van der Waals surface area (Å²) >= 11 is 0. The van der Waals surface area contributed by atoms with Gasteiger partial charge in [0, 0.05) is 5.56 Å². The van der Waals surface area contributed by atoms with Gasteiger partial charge in [0.2, 0.25) is 0 Å². The Balaban J connectivity index is 2.59. The van der Waals surface area contributed by atoms with Crippen molar-refractivity contribution in [3.8, 4) is 0 Å². The van der Waals surface area contributed by atoms with E-state index in [4.69, 9.17) is 0 Å². The molecule has 4 heteroatoms. The quantitative estimate of drug-likeness (QED) is 0.700. The van der Waals surface area contributed by atoms with Gasteiger partial charge in [-0.25, -0.2) is 4.39 Å². The van der Waals surface area contributed by atoms with Crippen molar-refractivity contribution in [3.05, 3.63) is 35.6 Å². The molecule has 0 spiro atoms. The Bertz CT molecular complexity index is 337. The number of rotatable bonds is 6. The van der Waals surface area contributed by atoms with E-state index in [0.29, 0.717) is 6.54 Å². The Labute approximate surface area is 94.5 Å². The highest BCUT2D eigenvalue weighted by Gasteiger charge is 2.08. The second kappa shape index (κ2) is 6.23. The summed E-state index contributed by atoms with van der Waals surface area (Å²) in [4.78, 5) is 11.5. The summed E-state index contributed by atoms with van der Waals surface area (Å²) in [7, 11) is 0. The molecule has 88 valence electrons. The molecule has 0 aliphatic rings. The molecule has 0 amide bonds. The number of quaternary nitrogens is 1. The summed E-state index contributed by atoms with van der Waals surface area (Å²) in [6.45, 7) is 3.35. The van der Waals surface area contributed by atoms with E-state index in [1.165, 1.54) is 12.1 Å². The number of carbonyl (C=O) groups excluding carboxylic acids is 1. The van der Waals surface area contributed by atoms with Gasteiger partial charge in [-0.1, -0.05) is 19.1 Å². The van der Waals surface area contributed by atoms with Crippen molar-refractivity contribution in [2.24, 2.45) is 0 Å². The summed E-state index contributed by atoms with van der Waals surface area (Å²) in [6.07, 6.45) is 0.907. The number of hydrogen-bond donors (Lipinski definition) is 1. The first-order chi connectivity index (χ1) is 7.61. The van der Waals surface area contributed by atoms with Gasteiger partial charge in [0.1, 0.15) is 18.9 Å². The van der Waals surface area contributed by atoms with Crippen LogP contribution in [-0.4, -0.2) is 19.1 Å². The molecule has 1 aromatic carbocycles. The SMILES string of the molecule is CCC[NH+](CC(=O)[O-])Cc1ccc(F)cc1. The molecule has 16 heavy (non-hydrogen) atoms. The largest absolute Gasteiger partial charge is 0.544 e. The van der Waals surface area contributed by atoms with E-state index >= 15 is 0 Å². The van der Waals surface area contributed by atoms with Crippen LogP contribution in [0, 0.1) is 5.82 Å². The van der Waals surface area contributed by atoms with Crippen molar-refractivity contribution in [1.82, 2.24) is 0 Å². The van der Waals surface area contributed by atoms with Crippen molar-refractivity contribution in [1.29, 1.82) is 0 Å². The van der Waals surface area contributed by atoms with Gasteiger partial charge in [0.15, 0.2) is 0 Å². The molecule has 0 aliphatic carbocycles. The molecule has 0 aliphatic heterocycles. The van der Waals surface area contributed by atoms with Crippen LogP contribution in [0.3, 0.4) is 0 Å². The zero-order chi connectivity index (χ0) is 12.0. The lowest BCUT2D eigenvalue weighted by molar-refractivity contribution is -0.908. The maximum atomic E-state index is 12.7. The summed E-state index contributed by atoms with van der Waals surface area (Å²) in [5.41, 5.74) is 0.936. The summed E-state index contributed by atoms with van der Waals surface area (Å²) in [5, 5.41) is 10.5. The third-order valence-electron chi connectivity index (χ3n) is 2.37. The lowest BCUT2D eigenvalue weighted by Gasteiger charge is -2.19. The number of hydrogen-bond acceptors (Lipinski definition) is 2. The minimum Gasteiger partial charge on any atom is -0.544 e. The van der Waals surface area contributed by atoms with Crippen LogP contribution in [0.1, 0.15) is 18.9 Å². The minimum absolute atomic E-state index is 0.00871. The molecule has 1 aromatic rings. The van der Waals surface area contributed by atoms with E-state index in [1.54, 1.807) is 12.1 Å². The van der Waals surface area contributed by atoms with Crippen molar-refractivity contribution in [3.63, 3.8) is 0 Å². The number of carboxylic acid groups (broad SMARTS) is 1. The number of halogens is 1. The Kier molecular flexibility index (Phi) is 4.92. The third-order valence-corrected chi connectivity index (χ3v) is 2.37. The molecule has 3 nitrogen and oxygen atoms in total. The first-order valence-corrected chi connectivity index (χ1v) is 5.39. The van der Waals surface area contributed by atoms with Crippen LogP contribution in [0.25, 0.3) is 0 Å². The van der Waals surface area contributed by atoms with Crippen LogP contribution >= 0.6 is 0 Å². The Morgan fingerprint density at radius 1 is 1.38 bits per heavy atom. The predicted molar refractivity (Wildman–Crippen MR) is 56.1 cm³/mol. The molecular weight excluding hydrogens is 209 g/mol. The molecule has 1 unspecified atom stereocenters. The van der Waals surface area contributed by atoms with Crippen LogP contribution in [0.5, 0.6) is 0 Å². The fourth-order valence-corrected chi connectivity index (χ4v) is 1.69.